The van der Waals surface area contributed by atoms with E-state index < -0.39 is 29.4 Å². The molecule has 1 unspecified atom stereocenters. The molecule has 3 saturated heterocycles. The van der Waals surface area contributed by atoms with Crippen LogP contribution in [-0.2, 0) is 40.6 Å². The molecule has 0 saturated carbocycles. The van der Waals surface area contributed by atoms with Crippen LogP contribution in [0.1, 0.15) is 71.4 Å². The van der Waals surface area contributed by atoms with Gasteiger partial charge < -0.3 is 28.6 Å². The standard InChI is InChI=1S/C49H55F3N12O5/c1-32(44-56-54-31-57(44)2)34-4-3-5-38(24-34)62-30-42-40(49(50,51)52)26-36(29-64(42)48(62)68)45-53-12-15-61(45)21-23-69-22-20-58-13-10-33(11-14-58)27-59-16-18-60(19-17-59)37-6-7-39-35(25-37)28-63(47(39)67)41-8-9-43(65)55-46(41)66/h3-7,12,15,24-26,29-33,41H,8-11,13-14,16-23,27-28H2,1-2H3,(H,55,65,66)/t32-,41?/m1/s1. The molecule has 2 aromatic carbocycles. The lowest BCUT2D eigenvalue weighted by molar-refractivity contribution is -0.137. The number of likely N-dealkylation sites (tertiary alicyclic amines) is 1. The van der Waals surface area contributed by atoms with Crippen LogP contribution < -0.4 is 15.9 Å². The highest BCUT2D eigenvalue weighted by atomic mass is 19.4. The molecule has 0 spiro atoms. The number of fused-ring (bicyclic) bond motifs is 2. The van der Waals surface area contributed by atoms with Gasteiger partial charge in [-0.05, 0) is 85.8 Å². The van der Waals surface area contributed by atoms with Crippen LogP contribution in [0, 0.1) is 5.92 Å². The number of hydrogen-bond donors (Lipinski definition) is 1. The van der Waals surface area contributed by atoms with Crippen LogP contribution in [0.15, 0.2) is 84.4 Å². The molecule has 20 heteroatoms. The lowest BCUT2D eigenvalue weighted by Crippen LogP contribution is -2.52. The minimum absolute atomic E-state index is 0.158. The molecule has 4 aromatic heterocycles. The number of benzene rings is 2. The topological polar surface area (TPSA) is 160 Å². The molecule has 4 aliphatic rings. The molecule has 17 nitrogen and oxygen atoms in total. The van der Waals surface area contributed by atoms with Crippen LogP contribution in [0.2, 0.25) is 0 Å². The molecule has 10 rings (SSSR count). The van der Waals surface area contributed by atoms with Gasteiger partial charge in [-0.25, -0.2) is 9.78 Å². The summed E-state index contributed by atoms with van der Waals surface area (Å²) >= 11 is 0. The largest absolute Gasteiger partial charge is 0.418 e. The highest BCUT2D eigenvalue weighted by molar-refractivity contribution is 6.05. The van der Waals surface area contributed by atoms with Crippen molar-refractivity contribution < 1.29 is 32.3 Å². The van der Waals surface area contributed by atoms with Crippen LogP contribution in [-0.4, -0.2) is 137 Å². The van der Waals surface area contributed by atoms with Gasteiger partial charge in [-0.3, -0.25) is 33.6 Å². The number of aromatic nitrogens is 7. The lowest BCUT2D eigenvalue weighted by Gasteiger charge is -2.39. The van der Waals surface area contributed by atoms with E-state index in [1.807, 2.05) is 32.2 Å². The predicted molar refractivity (Wildman–Crippen MR) is 249 cm³/mol. The number of amides is 3. The SMILES string of the molecule is C[C@H](c1cccc(-n2cc3c(C(F)(F)F)cc(-c4nccn4CCOCCN4CCC(CN5CCN(c6ccc7c(c6)CN(C6CCC(=O)NC6=O)C7=O)CC5)CC4)cn3c2=O)c1)c1nncn1C. The highest BCUT2D eigenvalue weighted by Crippen LogP contribution is 2.36. The van der Waals surface area contributed by atoms with Crippen molar-refractivity contribution in [3.63, 3.8) is 0 Å². The monoisotopic (exact) mass is 948 g/mol. The van der Waals surface area contributed by atoms with E-state index in [0.29, 0.717) is 61.5 Å². The van der Waals surface area contributed by atoms with Crippen molar-refractivity contribution in [2.75, 3.05) is 70.5 Å². The van der Waals surface area contributed by atoms with Crippen LogP contribution in [0.5, 0.6) is 0 Å². The number of nitrogens with zero attached hydrogens (tertiary/aromatic N) is 11. The molecule has 362 valence electrons. The first-order valence-electron chi connectivity index (χ1n) is 23.6. The fourth-order valence-corrected chi connectivity index (χ4v) is 10.4. The van der Waals surface area contributed by atoms with Gasteiger partial charge in [0.15, 0.2) is 0 Å². The molecule has 3 fully saturated rings. The van der Waals surface area contributed by atoms with Gasteiger partial charge in [0, 0.05) is 113 Å². The van der Waals surface area contributed by atoms with E-state index in [9.17, 15) is 32.3 Å². The molecule has 4 aliphatic heterocycles. The Morgan fingerprint density at radius 3 is 2.43 bits per heavy atom. The van der Waals surface area contributed by atoms with Crippen molar-refractivity contribution >= 4 is 28.9 Å². The summed E-state index contributed by atoms with van der Waals surface area (Å²) in [6, 6.07) is 13.5. The summed E-state index contributed by atoms with van der Waals surface area (Å²) in [6.45, 7) is 11.1. The number of hydrogen-bond acceptors (Lipinski definition) is 11. The normalized spacial score (nSPS) is 19.2. The van der Waals surface area contributed by atoms with Crippen molar-refractivity contribution in [1.82, 2.24) is 53.3 Å². The molecule has 6 aromatic rings. The Bertz CT molecular complexity index is 2940. The van der Waals surface area contributed by atoms with Gasteiger partial charge in [0.1, 0.15) is 24.0 Å². The number of imidazole rings is 2. The minimum Gasteiger partial charge on any atom is -0.378 e. The van der Waals surface area contributed by atoms with E-state index >= 15 is 0 Å². The van der Waals surface area contributed by atoms with Gasteiger partial charge in [0.2, 0.25) is 11.8 Å². The summed E-state index contributed by atoms with van der Waals surface area (Å²) in [5, 5.41) is 10.5. The molecule has 8 heterocycles. The average Bonchev–Trinajstić information content (AvgIpc) is 4.14. The Hall–Kier alpha value is -6.64. The third-order valence-electron chi connectivity index (χ3n) is 14.3. The van der Waals surface area contributed by atoms with Crippen LogP contribution in [0.25, 0.3) is 22.6 Å². The summed E-state index contributed by atoms with van der Waals surface area (Å²) in [6.07, 6.45) is 5.54. The highest BCUT2D eigenvalue weighted by Gasteiger charge is 2.40. The number of imide groups is 1. The van der Waals surface area contributed by atoms with Crippen molar-refractivity contribution in [2.45, 2.75) is 63.8 Å². The number of alkyl halides is 3. The summed E-state index contributed by atoms with van der Waals surface area (Å²) in [4.78, 5) is 64.5. The molecule has 0 bridgehead atoms. The van der Waals surface area contributed by atoms with Crippen molar-refractivity contribution in [2.24, 2.45) is 13.0 Å². The number of aryl methyl sites for hydroxylation is 1. The van der Waals surface area contributed by atoms with Crippen molar-refractivity contribution in [3.05, 3.63) is 118 Å². The Morgan fingerprint density at radius 1 is 0.884 bits per heavy atom. The third-order valence-corrected chi connectivity index (χ3v) is 14.3. The van der Waals surface area contributed by atoms with E-state index in [1.54, 1.807) is 44.8 Å². The summed E-state index contributed by atoms with van der Waals surface area (Å²) in [7, 11) is 1.83. The second-order valence-electron chi connectivity index (χ2n) is 18.7. The predicted octanol–water partition coefficient (Wildman–Crippen LogP) is 4.56. The number of carbonyl (C=O) groups is 3. The van der Waals surface area contributed by atoms with E-state index in [1.165, 1.54) is 23.2 Å². The van der Waals surface area contributed by atoms with Gasteiger partial charge in [0.25, 0.3) is 5.91 Å². The number of carbonyl (C=O) groups excluding carboxylic acids is 3. The van der Waals surface area contributed by atoms with E-state index in [-0.39, 0.29) is 35.2 Å². The maximum atomic E-state index is 14.7. The van der Waals surface area contributed by atoms with Crippen LogP contribution in [0.4, 0.5) is 18.9 Å². The second-order valence-corrected chi connectivity index (χ2v) is 18.7. The molecule has 3 amide bonds. The van der Waals surface area contributed by atoms with Crippen LogP contribution >= 0.6 is 0 Å². The summed E-state index contributed by atoms with van der Waals surface area (Å²) in [5.41, 5.74) is 2.21. The molecule has 0 radical (unpaired) electrons. The van der Waals surface area contributed by atoms with Gasteiger partial charge in [-0.1, -0.05) is 19.1 Å². The minimum atomic E-state index is -4.74. The number of piperidine rings is 2. The maximum Gasteiger partial charge on any atom is 0.418 e. The average molecular weight is 949 g/mol. The Labute approximate surface area is 396 Å². The first-order chi connectivity index (χ1) is 33.3. The smallest absolute Gasteiger partial charge is 0.378 e. The zero-order valence-electron chi connectivity index (χ0n) is 38.6. The van der Waals surface area contributed by atoms with E-state index in [4.69, 9.17) is 4.74 Å². The number of ether oxygens (including phenoxy) is 1. The van der Waals surface area contributed by atoms with E-state index in [0.717, 1.165) is 92.5 Å². The quantitative estimate of drug-likeness (QED) is 0.121. The van der Waals surface area contributed by atoms with Crippen molar-refractivity contribution in [1.29, 1.82) is 0 Å². The fourth-order valence-electron chi connectivity index (χ4n) is 10.4. The third kappa shape index (κ3) is 9.44. The molecular formula is C49H55F3N12O5. The zero-order valence-corrected chi connectivity index (χ0v) is 38.6. The van der Waals surface area contributed by atoms with E-state index in [2.05, 4.69) is 41.3 Å². The maximum absolute atomic E-state index is 14.7. The fraction of sp³-hybridized carbons (Fsp3) is 0.449. The molecule has 2 atom stereocenters. The summed E-state index contributed by atoms with van der Waals surface area (Å²) in [5.74, 6) is 0.588. The zero-order chi connectivity index (χ0) is 48.0. The Balaban J connectivity index is 0.686. The van der Waals surface area contributed by atoms with Gasteiger partial charge in [-0.15, -0.1) is 10.2 Å². The molecule has 1 N–H and O–H groups in total. The first kappa shape index (κ1) is 46.1. The number of halogens is 3. The Kier molecular flexibility index (Phi) is 12.7. The van der Waals surface area contributed by atoms with Crippen LogP contribution in [0.3, 0.4) is 0 Å². The van der Waals surface area contributed by atoms with Gasteiger partial charge in [-0.2, -0.15) is 13.2 Å². The number of rotatable bonds is 14. The molecule has 0 aliphatic carbocycles. The number of piperazine rings is 1. The number of pyridine rings is 1. The molecule has 69 heavy (non-hydrogen) atoms. The van der Waals surface area contributed by atoms with Crippen molar-refractivity contribution in [3.8, 4) is 17.1 Å². The van der Waals surface area contributed by atoms with Gasteiger partial charge in [0.05, 0.1) is 30.0 Å². The van der Waals surface area contributed by atoms with Gasteiger partial charge >= 0.3 is 11.9 Å². The number of nitrogens with one attached hydrogen (secondary N) is 1. The molecular weight excluding hydrogens is 894 g/mol. The lowest BCUT2D eigenvalue weighted by atomic mass is 9.96. The Morgan fingerprint density at radius 2 is 1.68 bits per heavy atom. The first-order valence-corrected chi connectivity index (χ1v) is 23.6. The second kappa shape index (κ2) is 19.0. The number of anilines is 1. The summed E-state index contributed by atoms with van der Waals surface area (Å²) < 4.78 is 55.9.